The quantitative estimate of drug-likeness (QED) is 0.763. The molecule has 0 bridgehead atoms. The van der Waals surface area contributed by atoms with Crippen LogP contribution in [-0.4, -0.2) is 64.4 Å². The number of morpholine rings is 1. The molecule has 1 aliphatic rings. The number of hydrogen-bond acceptors (Lipinski definition) is 5. The van der Waals surface area contributed by atoms with Crippen LogP contribution >= 0.6 is 0 Å². The minimum absolute atomic E-state index is 0.0322. The Morgan fingerprint density at radius 1 is 1.25 bits per heavy atom. The van der Waals surface area contributed by atoms with Crippen molar-refractivity contribution in [3.63, 3.8) is 0 Å². The second-order valence-electron chi connectivity index (χ2n) is 5.92. The Bertz CT molecular complexity index is 652. The molecule has 1 saturated heterocycles. The summed E-state index contributed by atoms with van der Waals surface area (Å²) in [6, 6.07) is 6.69. The molecular weight excluding hydrogens is 332 g/mol. The third kappa shape index (κ3) is 5.10. The van der Waals surface area contributed by atoms with Crippen molar-refractivity contribution in [2.45, 2.75) is 20.0 Å². The molecule has 24 heavy (non-hydrogen) atoms. The van der Waals surface area contributed by atoms with Crippen LogP contribution in [0.2, 0.25) is 0 Å². The maximum Gasteiger partial charge on any atom is 0.243 e. The smallest absolute Gasteiger partial charge is 0.243 e. The number of sulfonamides is 1. The Kier molecular flexibility index (Phi) is 6.06. The zero-order valence-electron chi connectivity index (χ0n) is 14.3. The van der Waals surface area contributed by atoms with Crippen LogP contribution in [0.4, 0.5) is 5.69 Å². The van der Waals surface area contributed by atoms with Crippen LogP contribution in [0, 0.1) is 0 Å². The van der Waals surface area contributed by atoms with Crippen LogP contribution in [0.3, 0.4) is 0 Å². The number of anilines is 1. The van der Waals surface area contributed by atoms with E-state index >= 15 is 0 Å². The van der Waals surface area contributed by atoms with Gasteiger partial charge in [0, 0.05) is 13.1 Å². The van der Waals surface area contributed by atoms with Crippen LogP contribution in [0.1, 0.15) is 13.8 Å². The van der Waals surface area contributed by atoms with Crippen molar-refractivity contribution in [2.75, 3.05) is 43.4 Å². The zero-order chi connectivity index (χ0) is 17.7. The topological polar surface area (TPSA) is 76.2 Å². The lowest BCUT2D eigenvalue weighted by atomic mass is 10.3. The predicted octanol–water partition coefficient (Wildman–Crippen LogP) is 1.10. The molecule has 1 amide bonds. The van der Waals surface area contributed by atoms with E-state index in [0.29, 0.717) is 37.7 Å². The molecule has 1 aliphatic heterocycles. The van der Waals surface area contributed by atoms with Gasteiger partial charge >= 0.3 is 0 Å². The fraction of sp³-hybridized carbons (Fsp3) is 0.562. The maximum atomic E-state index is 12.4. The third-order valence-corrected chi connectivity index (χ3v) is 4.68. The maximum absolute atomic E-state index is 12.4. The lowest BCUT2D eigenvalue weighted by molar-refractivity contribution is -0.133. The fourth-order valence-corrected chi connectivity index (χ4v) is 3.25. The summed E-state index contributed by atoms with van der Waals surface area (Å²) in [6.07, 6.45) is 1.13. The first-order valence-corrected chi connectivity index (χ1v) is 9.72. The fourth-order valence-electron chi connectivity index (χ4n) is 2.40. The van der Waals surface area contributed by atoms with Gasteiger partial charge in [-0.2, -0.15) is 0 Å². The van der Waals surface area contributed by atoms with Crippen molar-refractivity contribution in [3.05, 3.63) is 24.3 Å². The van der Waals surface area contributed by atoms with Gasteiger partial charge < -0.3 is 14.4 Å². The third-order valence-electron chi connectivity index (χ3n) is 3.54. The number of nitrogens with zero attached hydrogens (tertiary/aromatic N) is 2. The summed E-state index contributed by atoms with van der Waals surface area (Å²) in [7, 11) is -3.57. The number of ether oxygens (including phenoxy) is 2. The zero-order valence-corrected chi connectivity index (χ0v) is 15.1. The summed E-state index contributed by atoms with van der Waals surface area (Å²) in [5.74, 6) is 0.424. The predicted molar refractivity (Wildman–Crippen MR) is 91.8 cm³/mol. The van der Waals surface area contributed by atoms with E-state index in [0.717, 1.165) is 10.6 Å². The van der Waals surface area contributed by atoms with E-state index in [4.69, 9.17) is 9.47 Å². The molecule has 134 valence electrons. The lowest BCUT2D eigenvalue weighted by Crippen LogP contribution is -2.47. The molecule has 0 unspecified atom stereocenters. The van der Waals surface area contributed by atoms with E-state index in [9.17, 15) is 13.2 Å². The molecule has 7 nitrogen and oxygen atoms in total. The molecule has 0 saturated carbocycles. The summed E-state index contributed by atoms with van der Waals surface area (Å²) < 4.78 is 36.1. The Labute approximate surface area is 143 Å². The van der Waals surface area contributed by atoms with Crippen molar-refractivity contribution >= 4 is 21.6 Å². The van der Waals surface area contributed by atoms with Crippen molar-refractivity contribution < 1.29 is 22.7 Å². The van der Waals surface area contributed by atoms with Crippen molar-refractivity contribution in [3.8, 4) is 5.75 Å². The molecule has 1 aromatic carbocycles. The molecule has 0 spiro atoms. The van der Waals surface area contributed by atoms with E-state index in [2.05, 4.69) is 0 Å². The van der Waals surface area contributed by atoms with E-state index in [1.54, 1.807) is 29.2 Å². The van der Waals surface area contributed by atoms with Crippen LogP contribution in [-0.2, 0) is 19.6 Å². The van der Waals surface area contributed by atoms with Gasteiger partial charge in [-0.05, 0) is 38.1 Å². The number of amides is 1. The molecule has 8 heteroatoms. The second kappa shape index (κ2) is 7.85. The molecule has 0 radical (unpaired) electrons. The minimum Gasteiger partial charge on any atom is -0.491 e. The average molecular weight is 356 g/mol. The standard InChI is InChI=1S/C16H24N2O5S/c1-13(2)23-15-6-4-14(5-7-15)18(24(3,20)21)12-16(19)17-8-10-22-11-9-17/h4-7,13H,8-12H2,1-3H3. The van der Waals surface area contributed by atoms with Crippen LogP contribution in [0.5, 0.6) is 5.75 Å². The number of hydrogen-bond donors (Lipinski definition) is 0. The molecule has 0 N–H and O–H groups in total. The molecular formula is C16H24N2O5S. The lowest BCUT2D eigenvalue weighted by Gasteiger charge is -2.30. The van der Waals surface area contributed by atoms with Gasteiger partial charge in [-0.15, -0.1) is 0 Å². The SMILES string of the molecule is CC(C)Oc1ccc(N(CC(=O)N2CCOCC2)S(C)(=O)=O)cc1. The molecule has 0 aliphatic carbocycles. The Morgan fingerprint density at radius 3 is 2.33 bits per heavy atom. The Hall–Kier alpha value is -1.80. The number of carbonyl (C=O) groups excluding carboxylic acids is 1. The van der Waals surface area contributed by atoms with Gasteiger partial charge in [0.25, 0.3) is 0 Å². The molecule has 2 rings (SSSR count). The molecule has 1 fully saturated rings. The van der Waals surface area contributed by atoms with Crippen LogP contribution < -0.4 is 9.04 Å². The average Bonchev–Trinajstić information content (AvgIpc) is 2.52. The highest BCUT2D eigenvalue weighted by atomic mass is 32.2. The monoisotopic (exact) mass is 356 g/mol. The van der Waals surface area contributed by atoms with E-state index in [-0.39, 0.29) is 18.6 Å². The minimum atomic E-state index is -3.57. The van der Waals surface area contributed by atoms with E-state index in [1.807, 2.05) is 13.8 Å². The summed E-state index contributed by atoms with van der Waals surface area (Å²) in [5.41, 5.74) is 0.440. The first-order chi connectivity index (χ1) is 11.3. The van der Waals surface area contributed by atoms with Gasteiger partial charge in [0.15, 0.2) is 0 Å². The first-order valence-electron chi connectivity index (χ1n) is 7.87. The van der Waals surface area contributed by atoms with Crippen molar-refractivity contribution in [1.82, 2.24) is 4.90 Å². The van der Waals surface area contributed by atoms with E-state index < -0.39 is 10.0 Å². The molecule has 1 heterocycles. The molecule has 1 aromatic rings. The van der Waals surface area contributed by atoms with Gasteiger partial charge in [-0.1, -0.05) is 0 Å². The second-order valence-corrected chi connectivity index (χ2v) is 7.83. The Morgan fingerprint density at radius 2 is 1.83 bits per heavy atom. The summed E-state index contributed by atoms with van der Waals surface area (Å²) >= 11 is 0. The summed E-state index contributed by atoms with van der Waals surface area (Å²) in [6.45, 7) is 5.53. The molecule has 0 aromatic heterocycles. The van der Waals surface area contributed by atoms with Crippen molar-refractivity contribution in [2.24, 2.45) is 0 Å². The number of rotatable bonds is 6. The van der Waals surface area contributed by atoms with E-state index in [1.165, 1.54) is 0 Å². The van der Waals surface area contributed by atoms with Crippen molar-refractivity contribution in [1.29, 1.82) is 0 Å². The largest absolute Gasteiger partial charge is 0.491 e. The Balaban J connectivity index is 2.15. The van der Waals surface area contributed by atoms with Gasteiger partial charge in [0.1, 0.15) is 12.3 Å². The van der Waals surface area contributed by atoms with Gasteiger partial charge in [-0.25, -0.2) is 8.42 Å². The normalized spacial score (nSPS) is 15.4. The first kappa shape index (κ1) is 18.5. The number of carbonyl (C=O) groups is 1. The summed E-state index contributed by atoms with van der Waals surface area (Å²) in [5, 5.41) is 0. The van der Waals surface area contributed by atoms with Gasteiger partial charge in [0.05, 0.1) is 31.3 Å². The highest BCUT2D eigenvalue weighted by molar-refractivity contribution is 7.92. The molecule has 0 atom stereocenters. The summed E-state index contributed by atoms with van der Waals surface area (Å²) in [4.78, 5) is 14.0. The highest BCUT2D eigenvalue weighted by Crippen LogP contribution is 2.22. The van der Waals surface area contributed by atoms with Crippen LogP contribution in [0.25, 0.3) is 0 Å². The highest BCUT2D eigenvalue weighted by Gasteiger charge is 2.25. The van der Waals surface area contributed by atoms with Gasteiger partial charge in [0.2, 0.25) is 15.9 Å². The number of benzene rings is 1. The van der Waals surface area contributed by atoms with Crippen LogP contribution in [0.15, 0.2) is 24.3 Å². The van der Waals surface area contributed by atoms with Gasteiger partial charge in [-0.3, -0.25) is 9.10 Å².